The number of fused-ring (bicyclic) bond motifs is 1. The molecule has 7 nitrogen and oxygen atoms in total. The number of anilines is 1. The topological polar surface area (TPSA) is 83.0 Å². The second-order valence-electron chi connectivity index (χ2n) is 7.77. The molecule has 0 aromatic heterocycles. The van der Waals surface area contributed by atoms with Crippen molar-refractivity contribution in [2.75, 3.05) is 25.6 Å². The number of hydrogen-bond donors (Lipinski definition) is 2. The summed E-state index contributed by atoms with van der Waals surface area (Å²) >= 11 is 0. The number of amides is 3. The first-order valence-corrected chi connectivity index (χ1v) is 10.8. The van der Waals surface area contributed by atoms with Crippen molar-refractivity contribution in [3.8, 4) is 5.75 Å². The number of aliphatic imine (C=N–C) groups is 1. The highest BCUT2D eigenvalue weighted by Gasteiger charge is 2.31. The van der Waals surface area contributed by atoms with E-state index >= 15 is 0 Å². The summed E-state index contributed by atoms with van der Waals surface area (Å²) in [6, 6.07) is 20.4. The first kappa shape index (κ1) is 23.0. The van der Waals surface area contributed by atoms with E-state index in [4.69, 9.17) is 4.74 Å². The third-order valence-corrected chi connectivity index (χ3v) is 5.60. The Kier molecular flexibility index (Phi) is 6.87. The average Bonchev–Trinajstić information content (AvgIpc) is 2.95. The van der Waals surface area contributed by atoms with Crippen molar-refractivity contribution >= 4 is 23.3 Å². The minimum absolute atomic E-state index is 0.254. The van der Waals surface area contributed by atoms with Gasteiger partial charge in [0.1, 0.15) is 11.6 Å². The maximum atomic E-state index is 14.7. The summed E-state index contributed by atoms with van der Waals surface area (Å²) in [7, 11) is 3.21. The van der Waals surface area contributed by atoms with Crippen LogP contribution >= 0.6 is 0 Å². The molecule has 1 aliphatic heterocycles. The molecule has 2 N–H and O–H groups in total. The fraction of sp³-hybridized carbons (Fsp3) is 0.192. The van der Waals surface area contributed by atoms with E-state index in [0.717, 1.165) is 11.3 Å². The van der Waals surface area contributed by atoms with Crippen molar-refractivity contribution in [2.24, 2.45) is 4.99 Å². The normalized spacial score (nSPS) is 15.1. The van der Waals surface area contributed by atoms with Gasteiger partial charge in [-0.1, -0.05) is 42.5 Å². The molecule has 1 heterocycles. The maximum absolute atomic E-state index is 14.7. The number of nitrogens with zero attached hydrogens (tertiary/aromatic N) is 2. The van der Waals surface area contributed by atoms with Gasteiger partial charge in [-0.05, 0) is 42.3 Å². The van der Waals surface area contributed by atoms with Crippen LogP contribution in [0.15, 0.2) is 77.8 Å². The molecular formula is C26H25FN4O3. The molecule has 3 aromatic rings. The van der Waals surface area contributed by atoms with E-state index in [-0.39, 0.29) is 5.56 Å². The van der Waals surface area contributed by atoms with Crippen LogP contribution in [0.3, 0.4) is 0 Å². The zero-order valence-corrected chi connectivity index (χ0v) is 18.9. The van der Waals surface area contributed by atoms with Gasteiger partial charge in [0, 0.05) is 24.7 Å². The lowest BCUT2D eigenvalue weighted by molar-refractivity contribution is -0.119. The molecule has 3 amide bonds. The molecule has 0 saturated carbocycles. The van der Waals surface area contributed by atoms with Crippen LogP contribution in [0.5, 0.6) is 5.75 Å². The number of urea groups is 1. The molecule has 3 aromatic carbocycles. The quantitative estimate of drug-likeness (QED) is 0.591. The summed E-state index contributed by atoms with van der Waals surface area (Å²) in [4.78, 5) is 31.7. The van der Waals surface area contributed by atoms with Gasteiger partial charge < -0.3 is 20.3 Å². The van der Waals surface area contributed by atoms with Crippen molar-refractivity contribution in [2.45, 2.75) is 12.6 Å². The Bertz CT molecular complexity index is 1230. The molecule has 4 rings (SSSR count). The van der Waals surface area contributed by atoms with Gasteiger partial charge in [0.05, 0.1) is 18.5 Å². The molecule has 0 bridgehead atoms. The molecule has 34 heavy (non-hydrogen) atoms. The van der Waals surface area contributed by atoms with Gasteiger partial charge in [-0.25, -0.2) is 14.2 Å². The first-order chi connectivity index (χ1) is 16.5. The smallest absolute Gasteiger partial charge is 0.316 e. The number of nitrogens with one attached hydrogen (secondary N) is 2. The van der Waals surface area contributed by atoms with Crippen molar-refractivity contribution in [1.29, 1.82) is 0 Å². The molecular weight excluding hydrogens is 435 g/mol. The molecule has 1 aliphatic rings. The Labute approximate surface area is 197 Å². The summed E-state index contributed by atoms with van der Waals surface area (Å²) in [6.45, 7) is 0.360. The second-order valence-corrected chi connectivity index (χ2v) is 7.77. The molecule has 8 heteroatoms. The number of likely N-dealkylation sites (N-methyl/N-ethyl adjacent to an activating group) is 1. The summed E-state index contributed by atoms with van der Waals surface area (Å²) in [5.74, 6) is -0.130. The summed E-state index contributed by atoms with van der Waals surface area (Å²) < 4.78 is 19.8. The van der Waals surface area contributed by atoms with Crippen molar-refractivity contribution in [1.82, 2.24) is 10.6 Å². The van der Waals surface area contributed by atoms with Crippen LogP contribution in [0.25, 0.3) is 0 Å². The Morgan fingerprint density at radius 3 is 2.41 bits per heavy atom. The number of rotatable bonds is 6. The molecule has 0 fully saturated rings. The van der Waals surface area contributed by atoms with Gasteiger partial charge in [-0.3, -0.25) is 4.79 Å². The molecule has 0 saturated heterocycles. The van der Waals surface area contributed by atoms with Crippen molar-refractivity contribution in [3.63, 3.8) is 0 Å². The molecule has 0 spiro atoms. The van der Waals surface area contributed by atoms with E-state index in [2.05, 4.69) is 15.6 Å². The van der Waals surface area contributed by atoms with Crippen LogP contribution in [-0.2, 0) is 11.2 Å². The summed E-state index contributed by atoms with van der Waals surface area (Å²) in [5.41, 5.74) is 2.77. The summed E-state index contributed by atoms with van der Waals surface area (Å²) in [5, 5.41) is 5.38. The third kappa shape index (κ3) is 4.91. The van der Waals surface area contributed by atoms with Crippen LogP contribution in [-0.4, -0.2) is 44.5 Å². The second kappa shape index (κ2) is 10.2. The van der Waals surface area contributed by atoms with Crippen LogP contribution < -0.4 is 20.3 Å². The SMILES string of the molecule is COc1ccc(CCNC(=O)NC2N=C(c3ccccc3F)c3ccccc3N(C)C2=O)cc1. The highest BCUT2D eigenvalue weighted by atomic mass is 19.1. The van der Waals surface area contributed by atoms with Crippen LogP contribution in [0.2, 0.25) is 0 Å². The molecule has 0 aliphatic carbocycles. The highest BCUT2D eigenvalue weighted by molar-refractivity contribution is 6.20. The number of benzodiazepines with no additional fused rings is 1. The predicted octanol–water partition coefficient (Wildman–Crippen LogP) is 3.52. The van der Waals surface area contributed by atoms with E-state index in [0.29, 0.717) is 29.9 Å². The monoisotopic (exact) mass is 460 g/mol. The van der Waals surface area contributed by atoms with Gasteiger partial charge in [-0.15, -0.1) is 0 Å². The van der Waals surface area contributed by atoms with E-state index in [1.54, 1.807) is 56.6 Å². The molecule has 0 radical (unpaired) electrons. The Morgan fingerprint density at radius 1 is 1.03 bits per heavy atom. The standard InChI is InChI=1S/C26H25FN4O3/c1-31-22-10-6-4-8-20(22)23(19-7-3-5-9-21(19)27)29-24(25(31)32)30-26(33)28-16-15-17-11-13-18(34-2)14-12-17/h3-14,24H,15-16H2,1-2H3,(H2,28,30,33). The zero-order chi connectivity index (χ0) is 24.1. The predicted molar refractivity (Wildman–Crippen MR) is 129 cm³/mol. The van der Waals surface area contributed by atoms with E-state index in [1.807, 2.05) is 24.3 Å². The summed E-state index contributed by atoms with van der Waals surface area (Å²) in [6.07, 6.45) is -0.613. The van der Waals surface area contributed by atoms with Crippen LogP contribution in [0, 0.1) is 5.82 Å². The van der Waals surface area contributed by atoms with Crippen molar-refractivity contribution < 1.29 is 18.7 Å². The van der Waals surface area contributed by atoms with Crippen LogP contribution in [0.4, 0.5) is 14.9 Å². The lowest BCUT2D eigenvalue weighted by Gasteiger charge is -2.21. The number of carbonyl (C=O) groups is 2. The molecule has 1 unspecified atom stereocenters. The lowest BCUT2D eigenvalue weighted by atomic mass is 10.00. The van der Waals surface area contributed by atoms with E-state index in [9.17, 15) is 14.0 Å². The molecule has 1 atom stereocenters. The van der Waals surface area contributed by atoms with Gasteiger partial charge in [-0.2, -0.15) is 0 Å². The number of benzene rings is 3. The van der Waals surface area contributed by atoms with Gasteiger partial charge in [0.2, 0.25) is 6.17 Å². The van der Waals surface area contributed by atoms with Crippen LogP contribution in [0.1, 0.15) is 16.7 Å². The fourth-order valence-corrected chi connectivity index (χ4v) is 3.77. The molecule has 174 valence electrons. The minimum Gasteiger partial charge on any atom is -0.497 e. The number of halogens is 1. The average molecular weight is 461 g/mol. The van der Waals surface area contributed by atoms with E-state index in [1.165, 1.54) is 11.0 Å². The number of para-hydroxylation sites is 1. The zero-order valence-electron chi connectivity index (χ0n) is 18.9. The fourth-order valence-electron chi connectivity index (χ4n) is 3.77. The number of carbonyl (C=O) groups excluding carboxylic acids is 2. The van der Waals surface area contributed by atoms with Gasteiger partial charge >= 0.3 is 6.03 Å². The Hall–Kier alpha value is -4.20. The van der Waals surface area contributed by atoms with Gasteiger partial charge in [0.25, 0.3) is 5.91 Å². The van der Waals surface area contributed by atoms with E-state index < -0.39 is 23.9 Å². The highest BCUT2D eigenvalue weighted by Crippen LogP contribution is 2.28. The maximum Gasteiger partial charge on any atom is 0.316 e. The van der Waals surface area contributed by atoms with Crippen molar-refractivity contribution in [3.05, 3.63) is 95.3 Å². The Balaban J connectivity index is 1.53. The number of hydrogen-bond acceptors (Lipinski definition) is 4. The largest absolute Gasteiger partial charge is 0.497 e. The Morgan fingerprint density at radius 2 is 1.71 bits per heavy atom. The third-order valence-electron chi connectivity index (χ3n) is 5.60. The first-order valence-electron chi connectivity index (χ1n) is 10.8. The van der Waals surface area contributed by atoms with Gasteiger partial charge in [0.15, 0.2) is 0 Å². The lowest BCUT2D eigenvalue weighted by Crippen LogP contribution is -2.49. The number of ether oxygens (including phenoxy) is 1. The minimum atomic E-state index is -1.21. The number of methoxy groups -OCH3 is 1.